The smallest absolute Gasteiger partial charge is 0.247 e. The fraction of sp³-hybridized carbons (Fsp3) is 0. The average molecular weight is 244 g/mol. The molecule has 3 rings (SSSR count). The number of nitrogens with one attached hydrogen (secondary N) is 1. The van der Waals surface area contributed by atoms with Crippen molar-refractivity contribution in [3.63, 3.8) is 0 Å². The van der Waals surface area contributed by atoms with Crippen molar-refractivity contribution >= 4 is 16.7 Å². The van der Waals surface area contributed by atoms with Gasteiger partial charge in [-0.25, -0.2) is 9.37 Å². The second-order valence-corrected chi connectivity index (χ2v) is 3.71. The molecule has 0 fully saturated rings. The van der Waals surface area contributed by atoms with E-state index in [1.807, 2.05) is 0 Å². The molecule has 2 heterocycles. The maximum Gasteiger partial charge on any atom is 0.247 e. The summed E-state index contributed by atoms with van der Waals surface area (Å²) >= 11 is 0. The Kier molecular flexibility index (Phi) is 2.33. The van der Waals surface area contributed by atoms with Gasteiger partial charge in [0.2, 0.25) is 5.88 Å². The highest BCUT2D eigenvalue weighted by Gasteiger charge is 2.10. The predicted molar refractivity (Wildman–Crippen MR) is 64.8 cm³/mol. The number of aromatic amines is 1. The van der Waals surface area contributed by atoms with Crippen LogP contribution in [0.3, 0.4) is 0 Å². The van der Waals surface area contributed by atoms with E-state index in [-0.39, 0.29) is 11.6 Å². The minimum absolute atomic E-state index is 0.0683. The van der Waals surface area contributed by atoms with Gasteiger partial charge in [-0.05, 0) is 18.2 Å². The van der Waals surface area contributed by atoms with Crippen LogP contribution in [-0.4, -0.2) is 15.0 Å². The SMILES string of the molecule is Nc1ccc(Oc2ncnc3cc[nH]c23)c(F)c1. The summed E-state index contributed by atoms with van der Waals surface area (Å²) in [6, 6.07) is 6.00. The van der Waals surface area contributed by atoms with Crippen LogP contribution >= 0.6 is 0 Å². The Hall–Kier alpha value is -2.63. The summed E-state index contributed by atoms with van der Waals surface area (Å²) in [6.45, 7) is 0. The van der Waals surface area contributed by atoms with Crippen LogP contribution in [0.25, 0.3) is 11.0 Å². The Morgan fingerprint density at radius 3 is 2.94 bits per heavy atom. The Morgan fingerprint density at radius 1 is 1.22 bits per heavy atom. The molecule has 0 amide bonds. The quantitative estimate of drug-likeness (QED) is 0.679. The molecule has 18 heavy (non-hydrogen) atoms. The summed E-state index contributed by atoms with van der Waals surface area (Å²) in [4.78, 5) is 11.0. The Bertz CT molecular complexity index is 710. The summed E-state index contributed by atoms with van der Waals surface area (Å²) in [5.41, 5.74) is 7.13. The third-order valence-electron chi connectivity index (χ3n) is 2.47. The van der Waals surface area contributed by atoms with Gasteiger partial charge in [0.25, 0.3) is 0 Å². The molecule has 0 saturated carbocycles. The molecular formula is C12H9FN4O. The lowest BCUT2D eigenvalue weighted by molar-refractivity contribution is 0.431. The van der Waals surface area contributed by atoms with Crippen LogP contribution in [0, 0.1) is 5.82 Å². The average Bonchev–Trinajstić information content (AvgIpc) is 2.82. The molecule has 0 aliphatic heterocycles. The van der Waals surface area contributed by atoms with Crippen LogP contribution in [-0.2, 0) is 0 Å². The molecule has 3 aromatic rings. The molecule has 6 heteroatoms. The molecule has 0 aliphatic carbocycles. The first kappa shape index (κ1) is 10.5. The molecule has 0 aliphatic rings. The van der Waals surface area contributed by atoms with Crippen molar-refractivity contribution in [1.29, 1.82) is 0 Å². The summed E-state index contributed by atoms with van der Waals surface area (Å²) in [5.74, 6) is -0.194. The number of anilines is 1. The van der Waals surface area contributed by atoms with Crippen LogP contribution < -0.4 is 10.5 Å². The fourth-order valence-electron chi connectivity index (χ4n) is 1.63. The van der Waals surface area contributed by atoms with Gasteiger partial charge in [-0.2, -0.15) is 4.98 Å². The van der Waals surface area contributed by atoms with Gasteiger partial charge in [-0.15, -0.1) is 0 Å². The molecule has 0 radical (unpaired) electrons. The highest BCUT2D eigenvalue weighted by Crippen LogP contribution is 2.28. The van der Waals surface area contributed by atoms with Crippen molar-refractivity contribution in [2.75, 3.05) is 5.73 Å². The van der Waals surface area contributed by atoms with Gasteiger partial charge in [-0.3, -0.25) is 0 Å². The number of fused-ring (bicyclic) bond motifs is 1. The van der Waals surface area contributed by atoms with E-state index < -0.39 is 5.82 Å². The van der Waals surface area contributed by atoms with Crippen molar-refractivity contribution in [3.05, 3.63) is 42.6 Å². The Labute approximate surface area is 101 Å². The van der Waals surface area contributed by atoms with Crippen LogP contribution in [0.15, 0.2) is 36.8 Å². The fourth-order valence-corrected chi connectivity index (χ4v) is 1.63. The second kappa shape index (κ2) is 3.99. The van der Waals surface area contributed by atoms with E-state index >= 15 is 0 Å². The van der Waals surface area contributed by atoms with E-state index in [4.69, 9.17) is 10.5 Å². The third-order valence-corrected chi connectivity index (χ3v) is 2.47. The molecule has 0 spiro atoms. The molecule has 0 unspecified atom stereocenters. The second-order valence-electron chi connectivity index (χ2n) is 3.71. The van der Waals surface area contributed by atoms with Crippen molar-refractivity contribution in [1.82, 2.24) is 15.0 Å². The van der Waals surface area contributed by atoms with Gasteiger partial charge in [-0.1, -0.05) is 0 Å². The first-order valence-electron chi connectivity index (χ1n) is 5.25. The number of hydrogen-bond acceptors (Lipinski definition) is 4. The van der Waals surface area contributed by atoms with E-state index in [0.717, 1.165) is 0 Å². The number of H-pyrrole nitrogens is 1. The number of rotatable bonds is 2. The standard InChI is InChI=1S/C12H9FN4O/c13-8-5-7(14)1-2-10(8)18-12-11-9(3-4-15-11)16-6-17-12/h1-6,15H,14H2. The molecule has 0 bridgehead atoms. The third kappa shape index (κ3) is 1.73. The molecule has 90 valence electrons. The number of aromatic nitrogens is 3. The zero-order valence-electron chi connectivity index (χ0n) is 9.22. The molecular weight excluding hydrogens is 235 g/mol. The van der Waals surface area contributed by atoms with E-state index in [9.17, 15) is 4.39 Å². The summed E-state index contributed by atoms with van der Waals surface area (Å²) in [5, 5.41) is 0. The topological polar surface area (TPSA) is 76.8 Å². The Morgan fingerprint density at radius 2 is 2.11 bits per heavy atom. The summed E-state index contributed by atoms with van der Waals surface area (Å²) < 4.78 is 19.0. The number of nitrogens with zero attached hydrogens (tertiary/aromatic N) is 2. The molecule has 5 nitrogen and oxygen atoms in total. The largest absolute Gasteiger partial charge is 0.434 e. The van der Waals surface area contributed by atoms with E-state index in [0.29, 0.717) is 16.7 Å². The lowest BCUT2D eigenvalue weighted by Crippen LogP contribution is -1.94. The van der Waals surface area contributed by atoms with Gasteiger partial charge in [0.15, 0.2) is 11.6 Å². The minimum atomic E-state index is -0.534. The Balaban J connectivity index is 2.03. The van der Waals surface area contributed by atoms with Crippen molar-refractivity contribution < 1.29 is 9.13 Å². The van der Waals surface area contributed by atoms with Gasteiger partial charge < -0.3 is 15.5 Å². The van der Waals surface area contributed by atoms with Gasteiger partial charge >= 0.3 is 0 Å². The number of nitrogens with two attached hydrogens (primary N) is 1. The van der Waals surface area contributed by atoms with Crippen molar-refractivity contribution in [2.45, 2.75) is 0 Å². The van der Waals surface area contributed by atoms with Crippen LogP contribution in [0.4, 0.5) is 10.1 Å². The van der Waals surface area contributed by atoms with E-state index in [1.165, 1.54) is 18.5 Å². The molecule has 1 aromatic carbocycles. The predicted octanol–water partition coefficient (Wildman–Crippen LogP) is 2.47. The van der Waals surface area contributed by atoms with Crippen LogP contribution in [0.2, 0.25) is 0 Å². The van der Waals surface area contributed by atoms with Gasteiger partial charge in [0.1, 0.15) is 11.8 Å². The normalized spacial score (nSPS) is 10.7. The summed E-state index contributed by atoms with van der Waals surface area (Å²) in [6.07, 6.45) is 3.08. The van der Waals surface area contributed by atoms with Crippen LogP contribution in [0.5, 0.6) is 11.6 Å². The van der Waals surface area contributed by atoms with Crippen molar-refractivity contribution in [2.24, 2.45) is 0 Å². The molecule has 0 atom stereocenters. The highest BCUT2D eigenvalue weighted by molar-refractivity contribution is 5.79. The molecule has 0 saturated heterocycles. The minimum Gasteiger partial charge on any atom is -0.434 e. The number of hydrogen-bond donors (Lipinski definition) is 2. The summed E-state index contributed by atoms with van der Waals surface area (Å²) in [7, 11) is 0. The highest BCUT2D eigenvalue weighted by atomic mass is 19.1. The van der Waals surface area contributed by atoms with Gasteiger partial charge in [0, 0.05) is 18.0 Å². The zero-order chi connectivity index (χ0) is 12.5. The van der Waals surface area contributed by atoms with E-state index in [2.05, 4.69) is 15.0 Å². The first-order valence-corrected chi connectivity index (χ1v) is 5.25. The maximum atomic E-state index is 13.6. The van der Waals surface area contributed by atoms with Crippen molar-refractivity contribution in [3.8, 4) is 11.6 Å². The zero-order valence-corrected chi connectivity index (χ0v) is 9.22. The number of ether oxygens (including phenoxy) is 1. The molecule has 2 aromatic heterocycles. The maximum absolute atomic E-state index is 13.6. The molecule has 3 N–H and O–H groups in total. The lowest BCUT2D eigenvalue weighted by Gasteiger charge is -2.06. The number of nitrogen functional groups attached to an aromatic ring is 1. The number of halogens is 1. The monoisotopic (exact) mass is 244 g/mol. The van der Waals surface area contributed by atoms with Crippen LogP contribution in [0.1, 0.15) is 0 Å². The lowest BCUT2D eigenvalue weighted by atomic mass is 10.3. The van der Waals surface area contributed by atoms with E-state index in [1.54, 1.807) is 18.3 Å². The number of benzene rings is 1. The first-order chi connectivity index (χ1) is 8.74. The van der Waals surface area contributed by atoms with Gasteiger partial charge in [0.05, 0.1) is 5.52 Å².